The molecule has 1 saturated heterocycles. The van der Waals surface area contributed by atoms with Crippen molar-refractivity contribution in [2.24, 2.45) is 0 Å². The van der Waals surface area contributed by atoms with Gasteiger partial charge in [-0.3, -0.25) is 4.79 Å². The van der Waals surface area contributed by atoms with Gasteiger partial charge in [0.15, 0.2) is 0 Å². The highest BCUT2D eigenvalue weighted by Gasteiger charge is 2.31. The lowest BCUT2D eigenvalue weighted by Gasteiger charge is -2.28. The normalized spacial score (nSPS) is 16.1. The molecular formula is C24H31ClN4O3. The number of aromatic nitrogens is 1. The van der Waals surface area contributed by atoms with Gasteiger partial charge in [-0.15, -0.1) is 0 Å². The zero-order valence-corrected chi connectivity index (χ0v) is 20.1. The van der Waals surface area contributed by atoms with Crippen molar-refractivity contribution < 1.29 is 14.3 Å². The van der Waals surface area contributed by atoms with E-state index < -0.39 is 5.60 Å². The first-order valence-corrected chi connectivity index (χ1v) is 11.2. The van der Waals surface area contributed by atoms with E-state index >= 15 is 0 Å². The highest BCUT2D eigenvalue weighted by atomic mass is 35.5. The van der Waals surface area contributed by atoms with E-state index in [4.69, 9.17) is 16.3 Å². The summed E-state index contributed by atoms with van der Waals surface area (Å²) >= 11 is 6.20. The van der Waals surface area contributed by atoms with Crippen LogP contribution in [0.3, 0.4) is 0 Å². The molecule has 1 atom stereocenters. The SMILES string of the molecule is CCc1ccc(Cl)c(C(=O)Nc2ccc(N3CCC(N(C)C(=O)OC(C)(C)C)C3)nc2)c1. The molecule has 0 bridgehead atoms. The number of anilines is 2. The Kier molecular flexibility index (Phi) is 7.29. The molecule has 3 rings (SSSR count). The van der Waals surface area contributed by atoms with Gasteiger partial charge in [0.05, 0.1) is 28.5 Å². The smallest absolute Gasteiger partial charge is 0.410 e. The number of pyridine rings is 1. The number of carbonyl (C=O) groups excluding carboxylic acids is 2. The highest BCUT2D eigenvalue weighted by Crippen LogP contribution is 2.24. The predicted octanol–water partition coefficient (Wildman–Crippen LogP) is 5.00. The van der Waals surface area contributed by atoms with Gasteiger partial charge < -0.3 is 19.9 Å². The average Bonchev–Trinajstić information content (AvgIpc) is 3.23. The van der Waals surface area contributed by atoms with E-state index in [9.17, 15) is 9.59 Å². The lowest BCUT2D eigenvalue weighted by Crippen LogP contribution is -2.42. The molecule has 2 aromatic rings. The van der Waals surface area contributed by atoms with Crippen LogP contribution in [0.15, 0.2) is 36.5 Å². The van der Waals surface area contributed by atoms with Gasteiger partial charge in [0.1, 0.15) is 11.4 Å². The van der Waals surface area contributed by atoms with Crippen molar-refractivity contribution in [1.82, 2.24) is 9.88 Å². The van der Waals surface area contributed by atoms with Crippen molar-refractivity contribution in [2.75, 3.05) is 30.4 Å². The summed E-state index contributed by atoms with van der Waals surface area (Å²) in [5, 5.41) is 3.28. The Labute approximate surface area is 194 Å². The second-order valence-corrected chi connectivity index (χ2v) is 9.41. The zero-order chi connectivity index (χ0) is 23.5. The summed E-state index contributed by atoms with van der Waals surface area (Å²) in [6.07, 6.45) is 2.98. The Morgan fingerprint density at radius 3 is 2.66 bits per heavy atom. The fraction of sp³-hybridized carbons (Fsp3) is 0.458. The van der Waals surface area contributed by atoms with Crippen molar-refractivity contribution in [2.45, 2.75) is 52.2 Å². The number of nitrogens with one attached hydrogen (secondary N) is 1. The molecule has 2 amide bonds. The molecule has 1 fully saturated rings. The Hall–Kier alpha value is -2.80. The van der Waals surface area contributed by atoms with E-state index in [1.165, 1.54) is 0 Å². The Morgan fingerprint density at radius 1 is 1.28 bits per heavy atom. The number of amides is 2. The van der Waals surface area contributed by atoms with E-state index in [1.807, 2.05) is 52.0 Å². The van der Waals surface area contributed by atoms with Crippen LogP contribution in [0.25, 0.3) is 0 Å². The largest absolute Gasteiger partial charge is 0.444 e. The molecule has 0 radical (unpaired) electrons. The Bertz CT molecular complexity index is 972. The first-order valence-electron chi connectivity index (χ1n) is 10.8. The molecule has 0 saturated carbocycles. The van der Waals surface area contributed by atoms with Crippen LogP contribution in [0.1, 0.15) is 50.0 Å². The van der Waals surface area contributed by atoms with E-state index in [0.717, 1.165) is 30.8 Å². The number of hydrogen-bond acceptors (Lipinski definition) is 5. The Morgan fingerprint density at radius 2 is 2.03 bits per heavy atom. The summed E-state index contributed by atoms with van der Waals surface area (Å²) in [7, 11) is 1.77. The molecule has 8 heteroatoms. The summed E-state index contributed by atoms with van der Waals surface area (Å²) in [5.74, 6) is 0.536. The van der Waals surface area contributed by atoms with Crippen LogP contribution in [0.5, 0.6) is 0 Å². The van der Waals surface area contributed by atoms with Crippen LogP contribution in [0.4, 0.5) is 16.3 Å². The van der Waals surface area contributed by atoms with Crippen molar-refractivity contribution in [3.8, 4) is 0 Å². The van der Waals surface area contributed by atoms with Gasteiger partial charge in [-0.05, 0) is 63.4 Å². The third-order valence-corrected chi connectivity index (χ3v) is 5.74. The maximum atomic E-state index is 12.6. The van der Waals surface area contributed by atoms with Crippen molar-refractivity contribution in [3.05, 3.63) is 52.7 Å². The summed E-state index contributed by atoms with van der Waals surface area (Å²) in [5.41, 5.74) is 1.57. The summed E-state index contributed by atoms with van der Waals surface area (Å²) in [6.45, 7) is 9.07. The molecule has 1 unspecified atom stereocenters. The lowest BCUT2D eigenvalue weighted by molar-refractivity contribution is 0.0237. The molecule has 172 valence electrons. The average molecular weight is 459 g/mol. The van der Waals surface area contributed by atoms with Crippen LogP contribution < -0.4 is 10.2 Å². The maximum Gasteiger partial charge on any atom is 0.410 e. The number of carbonyl (C=O) groups is 2. The van der Waals surface area contributed by atoms with Gasteiger partial charge in [0.2, 0.25) is 0 Å². The van der Waals surface area contributed by atoms with Crippen LogP contribution in [0, 0.1) is 0 Å². The third-order valence-electron chi connectivity index (χ3n) is 5.41. The minimum Gasteiger partial charge on any atom is -0.444 e. The monoisotopic (exact) mass is 458 g/mol. The molecule has 0 spiro atoms. The van der Waals surface area contributed by atoms with Crippen molar-refractivity contribution in [1.29, 1.82) is 0 Å². The molecule has 1 aliphatic heterocycles. The highest BCUT2D eigenvalue weighted by molar-refractivity contribution is 6.34. The molecule has 1 aromatic carbocycles. The first-order chi connectivity index (χ1) is 15.1. The van der Waals surface area contributed by atoms with E-state index in [2.05, 4.69) is 15.2 Å². The van der Waals surface area contributed by atoms with Gasteiger partial charge in [-0.25, -0.2) is 9.78 Å². The van der Waals surface area contributed by atoms with Crippen LogP contribution in [-0.2, 0) is 11.2 Å². The molecular weight excluding hydrogens is 428 g/mol. The van der Waals surface area contributed by atoms with Gasteiger partial charge in [-0.1, -0.05) is 24.6 Å². The van der Waals surface area contributed by atoms with Crippen molar-refractivity contribution in [3.63, 3.8) is 0 Å². The lowest BCUT2D eigenvalue weighted by atomic mass is 10.1. The van der Waals surface area contributed by atoms with Gasteiger partial charge >= 0.3 is 6.09 Å². The minimum absolute atomic E-state index is 0.0546. The van der Waals surface area contributed by atoms with E-state index in [0.29, 0.717) is 22.8 Å². The van der Waals surface area contributed by atoms with Gasteiger partial charge in [0.25, 0.3) is 5.91 Å². The summed E-state index contributed by atoms with van der Waals surface area (Å²) < 4.78 is 5.47. The van der Waals surface area contributed by atoms with Crippen LogP contribution in [0.2, 0.25) is 5.02 Å². The first kappa shape index (κ1) is 23.9. The fourth-order valence-corrected chi connectivity index (χ4v) is 3.76. The topological polar surface area (TPSA) is 74.8 Å². The molecule has 0 aliphatic carbocycles. The summed E-state index contributed by atoms with van der Waals surface area (Å²) in [4.78, 5) is 33.3. The molecule has 2 heterocycles. The number of ether oxygens (including phenoxy) is 1. The number of likely N-dealkylation sites (N-methyl/N-ethyl adjacent to an activating group) is 1. The summed E-state index contributed by atoms with van der Waals surface area (Å²) in [6, 6.07) is 9.22. The molecule has 1 aliphatic rings. The molecule has 1 N–H and O–H groups in total. The molecule has 7 nitrogen and oxygen atoms in total. The quantitative estimate of drug-likeness (QED) is 0.682. The maximum absolute atomic E-state index is 12.6. The van der Waals surface area contributed by atoms with E-state index in [1.54, 1.807) is 24.2 Å². The number of halogens is 1. The fourth-order valence-electron chi connectivity index (χ4n) is 3.56. The second-order valence-electron chi connectivity index (χ2n) is 9.01. The standard InChI is InChI=1S/C24H31ClN4O3/c1-6-16-7-9-20(25)19(13-16)22(30)27-17-8-10-21(26-14-17)29-12-11-18(15-29)28(5)23(31)32-24(2,3)4/h7-10,13-14,18H,6,11-12,15H2,1-5H3,(H,27,30). The van der Waals surface area contributed by atoms with Crippen LogP contribution in [-0.4, -0.2) is 53.7 Å². The zero-order valence-electron chi connectivity index (χ0n) is 19.3. The van der Waals surface area contributed by atoms with Crippen LogP contribution >= 0.6 is 11.6 Å². The molecule has 1 aromatic heterocycles. The number of rotatable bonds is 5. The predicted molar refractivity (Wildman–Crippen MR) is 128 cm³/mol. The number of nitrogens with zero attached hydrogens (tertiary/aromatic N) is 3. The second kappa shape index (κ2) is 9.77. The molecule has 32 heavy (non-hydrogen) atoms. The van der Waals surface area contributed by atoms with Gasteiger partial charge in [-0.2, -0.15) is 0 Å². The number of aryl methyl sites for hydroxylation is 1. The van der Waals surface area contributed by atoms with Gasteiger partial charge in [0, 0.05) is 20.1 Å². The third kappa shape index (κ3) is 5.91. The Balaban J connectivity index is 1.60. The van der Waals surface area contributed by atoms with Crippen molar-refractivity contribution >= 4 is 35.1 Å². The van der Waals surface area contributed by atoms with E-state index in [-0.39, 0.29) is 18.0 Å². The number of benzene rings is 1. The minimum atomic E-state index is -0.520. The number of hydrogen-bond donors (Lipinski definition) is 1.